The molecule has 0 aromatic carbocycles. The zero-order chi connectivity index (χ0) is 26.6. The second kappa shape index (κ2) is 14.1. The van der Waals surface area contributed by atoms with Gasteiger partial charge in [-0.05, 0) is 56.4 Å². The Morgan fingerprint density at radius 2 is 2.06 bits per heavy atom. The third-order valence-electron chi connectivity index (χ3n) is 5.57. The maximum Gasteiger partial charge on any atom is 0.303 e. The molecular weight excluding hydrogens is 463 g/mol. The van der Waals surface area contributed by atoms with E-state index in [0.29, 0.717) is 49.4 Å². The van der Waals surface area contributed by atoms with E-state index < -0.39 is 17.4 Å². The van der Waals surface area contributed by atoms with Gasteiger partial charge < -0.3 is 25.2 Å². The van der Waals surface area contributed by atoms with Gasteiger partial charge in [0.05, 0.1) is 11.4 Å². The van der Waals surface area contributed by atoms with Crippen molar-refractivity contribution in [3.63, 3.8) is 0 Å². The van der Waals surface area contributed by atoms with Crippen molar-refractivity contribution in [2.45, 2.75) is 50.5 Å². The minimum atomic E-state index is -0.989. The van der Waals surface area contributed by atoms with Gasteiger partial charge in [-0.1, -0.05) is 24.8 Å². The highest BCUT2D eigenvalue weighted by molar-refractivity contribution is 5.67. The summed E-state index contributed by atoms with van der Waals surface area (Å²) in [6.07, 6.45) is 15.1. The molecule has 2 aromatic rings. The van der Waals surface area contributed by atoms with Crippen LogP contribution in [0.5, 0.6) is 0 Å². The Bertz CT molecular complexity index is 1120. The monoisotopic (exact) mass is 498 g/mol. The molecule has 4 N–H and O–H groups in total. The summed E-state index contributed by atoms with van der Waals surface area (Å²) in [4.78, 5) is 19.8. The van der Waals surface area contributed by atoms with Crippen LogP contribution in [0.3, 0.4) is 0 Å². The fourth-order valence-corrected chi connectivity index (χ4v) is 3.61. The first-order chi connectivity index (χ1) is 17.4. The molecule has 1 saturated carbocycles. The van der Waals surface area contributed by atoms with E-state index >= 15 is 0 Å². The summed E-state index contributed by atoms with van der Waals surface area (Å²) in [5.74, 6) is 0.0392. The quantitative estimate of drug-likeness (QED) is 0.231. The maximum atomic E-state index is 13.9. The molecule has 9 heteroatoms. The van der Waals surface area contributed by atoms with Crippen LogP contribution < -0.4 is 5.32 Å². The van der Waals surface area contributed by atoms with Crippen molar-refractivity contribution in [3.05, 3.63) is 72.6 Å². The largest absolute Gasteiger partial charge is 0.481 e. The number of anilines is 1. The second-order valence-corrected chi connectivity index (χ2v) is 8.23. The molecule has 1 aliphatic rings. The lowest BCUT2D eigenvalue weighted by atomic mass is 10.1. The molecule has 0 amide bonds. The van der Waals surface area contributed by atoms with Gasteiger partial charge in [0.15, 0.2) is 0 Å². The molecule has 2 aromatic heterocycles. The van der Waals surface area contributed by atoms with Gasteiger partial charge in [0.2, 0.25) is 0 Å². The van der Waals surface area contributed by atoms with E-state index in [0.717, 1.165) is 24.8 Å². The summed E-state index contributed by atoms with van der Waals surface area (Å²) in [5.41, 5.74) is 1.36. The number of aromatic nitrogens is 3. The highest BCUT2D eigenvalue weighted by Crippen LogP contribution is 2.46. The summed E-state index contributed by atoms with van der Waals surface area (Å²) >= 11 is 0. The van der Waals surface area contributed by atoms with E-state index in [1.807, 2.05) is 29.0 Å². The molecule has 0 aliphatic heterocycles. The van der Waals surface area contributed by atoms with Crippen molar-refractivity contribution < 1.29 is 24.5 Å². The van der Waals surface area contributed by atoms with E-state index in [-0.39, 0.29) is 6.42 Å². The number of pyridine rings is 1. The fourth-order valence-electron chi connectivity index (χ4n) is 3.61. The Morgan fingerprint density at radius 3 is 2.69 bits per heavy atom. The van der Waals surface area contributed by atoms with Gasteiger partial charge in [-0.3, -0.25) is 4.79 Å². The molecule has 0 spiro atoms. The van der Waals surface area contributed by atoms with Gasteiger partial charge in [-0.25, -0.2) is 14.4 Å². The number of carboxylic acid groups (broad SMARTS) is 1. The van der Waals surface area contributed by atoms with Crippen molar-refractivity contribution in [1.29, 1.82) is 0 Å². The Hall–Kier alpha value is -3.56. The number of carboxylic acids is 1. The van der Waals surface area contributed by atoms with Crippen molar-refractivity contribution in [2.75, 3.05) is 19.5 Å². The average Bonchev–Trinajstić information content (AvgIpc) is 3.52. The number of hydrogen-bond acceptors (Lipinski definition) is 6. The normalized spacial score (nSPS) is 14.5. The average molecular weight is 499 g/mol. The number of aliphatic hydroxyl groups is 2. The topological polar surface area (TPSA) is 121 Å². The predicted octanol–water partition coefficient (Wildman–Crippen LogP) is 4.83. The predicted molar refractivity (Wildman–Crippen MR) is 140 cm³/mol. The lowest BCUT2D eigenvalue weighted by Gasteiger charge is -2.11. The first-order valence-corrected chi connectivity index (χ1v) is 11.8. The van der Waals surface area contributed by atoms with Gasteiger partial charge in [0, 0.05) is 45.0 Å². The van der Waals surface area contributed by atoms with Gasteiger partial charge in [0.1, 0.15) is 23.1 Å². The fraction of sp³-hybridized carbons (Fsp3) is 0.370. The first-order valence-electron chi connectivity index (χ1n) is 11.8. The van der Waals surface area contributed by atoms with E-state index in [2.05, 4.69) is 16.9 Å². The lowest BCUT2D eigenvalue weighted by Crippen LogP contribution is -2.12. The smallest absolute Gasteiger partial charge is 0.303 e. The molecule has 2 heterocycles. The number of halogens is 1. The second-order valence-electron chi connectivity index (χ2n) is 8.23. The van der Waals surface area contributed by atoms with Gasteiger partial charge in [-0.2, -0.15) is 0 Å². The Kier molecular flexibility index (Phi) is 11.2. The zero-order valence-electron chi connectivity index (χ0n) is 20.8. The third-order valence-corrected chi connectivity index (χ3v) is 5.57. The van der Waals surface area contributed by atoms with Crippen LogP contribution in [0, 0.1) is 0 Å². The van der Waals surface area contributed by atoms with Crippen LogP contribution >= 0.6 is 0 Å². The Labute approximate surface area is 211 Å². The highest BCUT2D eigenvalue weighted by Gasteiger charge is 2.47. The number of imidazole rings is 1. The SMILES string of the molecule is C=C/C=C(F)\C=C/Cc1c(-c2ccnc(NC)c2)nc(C2(O)CC2)n1/C=C/CCCCC(=O)O.CO. The number of unbranched alkanes of at least 4 members (excludes halogenated alkanes) is 2. The molecular formula is C27H35FN4O4. The molecule has 3 rings (SSSR count). The standard InChI is InChI=1S/C26H31FN4O3.CH4O/c1-3-9-20(27)10-8-11-21-24(19-13-16-29-22(18-19)28-2)30-25(26(34)14-15-26)31(21)17-7-5-4-6-12-23(32)33;1-2/h3,7-10,13,16-18,34H,1,4-6,11-12,14-15H2,2H3,(H,28,29)(H,32,33);2H,1H3/b10-8-,17-7+,20-9+;. The van der Waals surface area contributed by atoms with Crippen LogP contribution in [0.4, 0.5) is 10.2 Å². The van der Waals surface area contributed by atoms with Crippen LogP contribution in [0.25, 0.3) is 17.5 Å². The van der Waals surface area contributed by atoms with E-state index in [9.17, 15) is 14.3 Å². The molecule has 0 saturated heterocycles. The maximum absolute atomic E-state index is 13.9. The Balaban J connectivity index is 0.00000222. The summed E-state index contributed by atoms with van der Waals surface area (Å²) < 4.78 is 15.8. The van der Waals surface area contributed by atoms with Crippen LogP contribution in [-0.2, 0) is 16.8 Å². The van der Waals surface area contributed by atoms with E-state index in [1.165, 1.54) is 18.2 Å². The molecule has 0 atom stereocenters. The number of aliphatic hydroxyl groups excluding tert-OH is 1. The summed E-state index contributed by atoms with van der Waals surface area (Å²) in [6, 6.07) is 3.74. The third kappa shape index (κ3) is 8.00. The van der Waals surface area contributed by atoms with Crippen LogP contribution in [-0.4, -0.2) is 50.0 Å². The first kappa shape index (κ1) is 28.7. The number of hydrogen-bond donors (Lipinski definition) is 4. The summed E-state index contributed by atoms with van der Waals surface area (Å²) in [5, 5.41) is 29.8. The zero-order valence-corrected chi connectivity index (χ0v) is 20.8. The minimum Gasteiger partial charge on any atom is -0.481 e. The molecule has 0 radical (unpaired) electrons. The molecule has 36 heavy (non-hydrogen) atoms. The molecule has 1 fully saturated rings. The van der Waals surface area contributed by atoms with E-state index in [4.69, 9.17) is 15.2 Å². The summed E-state index contributed by atoms with van der Waals surface area (Å²) in [7, 11) is 2.79. The van der Waals surface area contributed by atoms with Crippen LogP contribution in [0.2, 0.25) is 0 Å². The number of aliphatic carboxylic acids is 1. The van der Waals surface area contributed by atoms with Gasteiger partial charge in [0.25, 0.3) is 0 Å². The summed E-state index contributed by atoms with van der Waals surface area (Å²) in [6.45, 7) is 3.51. The molecule has 1 aliphatic carbocycles. The van der Waals surface area contributed by atoms with Crippen molar-refractivity contribution in [2.24, 2.45) is 0 Å². The number of rotatable bonds is 13. The minimum absolute atomic E-state index is 0.143. The Morgan fingerprint density at radius 1 is 1.31 bits per heavy atom. The van der Waals surface area contributed by atoms with Gasteiger partial charge >= 0.3 is 5.97 Å². The van der Waals surface area contributed by atoms with Crippen LogP contribution in [0.1, 0.15) is 50.0 Å². The lowest BCUT2D eigenvalue weighted by molar-refractivity contribution is -0.137. The van der Waals surface area contributed by atoms with E-state index in [1.54, 1.807) is 19.3 Å². The molecule has 0 unspecified atom stereocenters. The number of carbonyl (C=O) groups is 1. The molecule has 194 valence electrons. The number of allylic oxidation sites excluding steroid dienone is 6. The van der Waals surface area contributed by atoms with Crippen molar-refractivity contribution in [3.8, 4) is 11.3 Å². The van der Waals surface area contributed by atoms with Crippen molar-refractivity contribution >= 4 is 18.0 Å². The molecule has 8 nitrogen and oxygen atoms in total. The number of nitrogens with zero attached hydrogens (tertiary/aromatic N) is 3. The molecule has 0 bridgehead atoms. The number of nitrogens with one attached hydrogen (secondary N) is 1. The van der Waals surface area contributed by atoms with Gasteiger partial charge in [-0.15, -0.1) is 0 Å². The highest BCUT2D eigenvalue weighted by atomic mass is 19.1. The van der Waals surface area contributed by atoms with Crippen molar-refractivity contribution in [1.82, 2.24) is 14.5 Å². The van der Waals surface area contributed by atoms with Crippen LogP contribution in [0.15, 0.2) is 61.1 Å².